The second-order valence-corrected chi connectivity index (χ2v) is 7.96. The summed E-state index contributed by atoms with van der Waals surface area (Å²) in [7, 11) is 0. The number of pyridine rings is 1. The smallest absolute Gasteiger partial charge is 0.339 e. The zero-order valence-corrected chi connectivity index (χ0v) is 18.1. The number of amides is 2. The summed E-state index contributed by atoms with van der Waals surface area (Å²) in [5.74, 6) is -0.686. The summed E-state index contributed by atoms with van der Waals surface area (Å²) in [6.07, 6.45) is -1.12. The molecule has 3 aromatic heterocycles. The summed E-state index contributed by atoms with van der Waals surface area (Å²) >= 11 is 1.15. The van der Waals surface area contributed by atoms with Crippen LogP contribution in [-0.4, -0.2) is 28.9 Å². The predicted molar refractivity (Wildman–Crippen MR) is 121 cm³/mol. The van der Waals surface area contributed by atoms with E-state index in [1.165, 1.54) is 13.0 Å². The highest BCUT2D eigenvalue weighted by Gasteiger charge is 2.23. The number of fused-ring (bicyclic) bond motifs is 1. The summed E-state index contributed by atoms with van der Waals surface area (Å²) < 4.78 is 11.1. The Morgan fingerprint density at radius 2 is 1.91 bits per heavy atom. The molecule has 3 N–H and O–H groups in total. The molecule has 0 fully saturated rings. The number of rotatable bonds is 6. The number of para-hydroxylation sites is 1. The van der Waals surface area contributed by atoms with Crippen molar-refractivity contribution < 1.29 is 23.5 Å². The van der Waals surface area contributed by atoms with Crippen molar-refractivity contribution in [2.75, 3.05) is 5.32 Å². The van der Waals surface area contributed by atoms with Crippen molar-refractivity contribution in [1.82, 2.24) is 4.98 Å². The van der Waals surface area contributed by atoms with Gasteiger partial charge in [-0.05, 0) is 49.6 Å². The summed E-state index contributed by atoms with van der Waals surface area (Å²) in [5, 5.41) is 5.10. The molecule has 4 aromatic rings. The topological polar surface area (TPSA) is 125 Å². The molecule has 0 saturated carbocycles. The van der Waals surface area contributed by atoms with E-state index >= 15 is 0 Å². The molecular weight excluding hydrogens is 430 g/mol. The average Bonchev–Trinajstić information content (AvgIpc) is 3.41. The van der Waals surface area contributed by atoms with E-state index < -0.39 is 23.9 Å². The number of primary amides is 1. The van der Waals surface area contributed by atoms with Crippen LogP contribution in [0.25, 0.3) is 22.4 Å². The van der Waals surface area contributed by atoms with Crippen LogP contribution >= 0.6 is 11.3 Å². The van der Waals surface area contributed by atoms with Gasteiger partial charge in [-0.2, -0.15) is 0 Å². The van der Waals surface area contributed by atoms with E-state index in [2.05, 4.69) is 10.3 Å². The van der Waals surface area contributed by atoms with Gasteiger partial charge in [0.25, 0.3) is 11.8 Å². The Kier molecular flexibility index (Phi) is 5.74. The third kappa shape index (κ3) is 4.23. The fourth-order valence-electron chi connectivity index (χ4n) is 3.13. The molecule has 0 aliphatic rings. The number of thiophene rings is 1. The molecule has 8 nitrogen and oxygen atoms in total. The Bertz CT molecular complexity index is 1340. The van der Waals surface area contributed by atoms with Crippen LogP contribution in [0.5, 0.6) is 0 Å². The van der Waals surface area contributed by atoms with Crippen molar-refractivity contribution in [3.8, 4) is 11.5 Å². The van der Waals surface area contributed by atoms with E-state index in [-0.39, 0.29) is 11.1 Å². The van der Waals surface area contributed by atoms with Gasteiger partial charge >= 0.3 is 5.97 Å². The van der Waals surface area contributed by atoms with Gasteiger partial charge < -0.3 is 20.2 Å². The normalized spacial score (nSPS) is 11.8. The van der Waals surface area contributed by atoms with Gasteiger partial charge in [0.05, 0.1) is 16.6 Å². The number of furan rings is 1. The highest BCUT2D eigenvalue weighted by molar-refractivity contribution is 7.14. The SMILES string of the molecule is Cc1ccc(-c2cc(C(=O)O[C@H](C)C(=O)Nc3sccc3C(N)=O)c3ccccc3n2)o1. The van der Waals surface area contributed by atoms with Crippen molar-refractivity contribution in [3.63, 3.8) is 0 Å². The van der Waals surface area contributed by atoms with E-state index in [1.54, 1.807) is 35.7 Å². The largest absolute Gasteiger partial charge is 0.460 e. The molecule has 0 unspecified atom stereocenters. The van der Waals surface area contributed by atoms with Crippen molar-refractivity contribution in [2.45, 2.75) is 20.0 Å². The molecule has 2 amide bonds. The van der Waals surface area contributed by atoms with Crippen LogP contribution in [0.4, 0.5) is 5.00 Å². The van der Waals surface area contributed by atoms with E-state index in [0.29, 0.717) is 33.1 Å². The standard InChI is InChI=1S/C23H19N3O5S/c1-12-7-8-19(30-12)18-11-16(14-5-3-4-6-17(14)25-18)23(29)31-13(2)21(28)26-22-15(20(24)27)9-10-32-22/h3-11,13H,1-2H3,(H2,24,27)(H,26,28)/t13-/m1/s1. The van der Waals surface area contributed by atoms with Crippen LogP contribution in [-0.2, 0) is 9.53 Å². The highest BCUT2D eigenvalue weighted by Crippen LogP contribution is 2.27. The van der Waals surface area contributed by atoms with Crippen LogP contribution < -0.4 is 11.1 Å². The van der Waals surface area contributed by atoms with Gasteiger partial charge in [0.1, 0.15) is 16.5 Å². The second-order valence-electron chi connectivity index (χ2n) is 7.05. The molecular formula is C23H19N3O5S. The third-order valence-corrected chi connectivity index (χ3v) is 5.58. The zero-order chi connectivity index (χ0) is 22.8. The van der Waals surface area contributed by atoms with Gasteiger partial charge in [0.2, 0.25) is 0 Å². The minimum absolute atomic E-state index is 0.195. The van der Waals surface area contributed by atoms with Crippen LogP contribution in [0.2, 0.25) is 0 Å². The molecule has 1 atom stereocenters. The Hall–Kier alpha value is -3.98. The Morgan fingerprint density at radius 1 is 1.12 bits per heavy atom. The summed E-state index contributed by atoms with van der Waals surface area (Å²) in [6, 6.07) is 13.8. The van der Waals surface area contributed by atoms with Crippen molar-refractivity contribution in [2.24, 2.45) is 5.73 Å². The molecule has 0 spiro atoms. The quantitative estimate of drug-likeness (QED) is 0.426. The molecule has 162 valence electrons. The number of anilines is 1. The number of nitrogens with two attached hydrogens (primary N) is 1. The first kappa shape index (κ1) is 21.3. The van der Waals surface area contributed by atoms with Crippen LogP contribution in [0.3, 0.4) is 0 Å². The van der Waals surface area contributed by atoms with Crippen molar-refractivity contribution in [3.05, 3.63) is 70.8 Å². The molecule has 0 radical (unpaired) electrons. The average molecular weight is 449 g/mol. The molecule has 1 aromatic carbocycles. The van der Waals surface area contributed by atoms with Gasteiger partial charge in [0.15, 0.2) is 11.9 Å². The van der Waals surface area contributed by atoms with Gasteiger partial charge in [-0.1, -0.05) is 18.2 Å². The van der Waals surface area contributed by atoms with E-state index in [4.69, 9.17) is 14.9 Å². The molecule has 9 heteroatoms. The molecule has 0 aliphatic heterocycles. The first-order valence-corrected chi connectivity index (χ1v) is 10.6. The lowest BCUT2D eigenvalue weighted by molar-refractivity contribution is -0.123. The lowest BCUT2D eigenvalue weighted by atomic mass is 10.1. The number of aromatic nitrogens is 1. The molecule has 0 saturated heterocycles. The monoisotopic (exact) mass is 449 g/mol. The predicted octanol–water partition coefficient (Wildman–Crippen LogP) is 4.15. The van der Waals surface area contributed by atoms with E-state index in [0.717, 1.165) is 11.3 Å². The fraction of sp³-hybridized carbons (Fsp3) is 0.130. The van der Waals surface area contributed by atoms with Gasteiger partial charge in [0, 0.05) is 5.39 Å². The number of carbonyl (C=O) groups excluding carboxylic acids is 3. The summed E-state index contributed by atoms with van der Waals surface area (Å²) in [6.45, 7) is 3.27. The number of hydrogen-bond donors (Lipinski definition) is 2. The summed E-state index contributed by atoms with van der Waals surface area (Å²) in [4.78, 5) is 41.6. The van der Waals surface area contributed by atoms with Crippen LogP contribution in [0.15, 0.2) is 58.3 Å². The minimum Gasteiger partial charge on any atom is -0.460 e. The zero-order valence-electron chi connectivity index (χ0n) is 17.2. The number of benzene rings is 1. The highest BCUT2D eigenvalue weighted by atomic mass is 32.1. The lowest BCUT2D eigenvalue weighted by Gasteiger charge is -2.14. The number of carbonyl (C=O) groups is 3. The van der Waals surface area contributed by atoms with Crippen molar-refractivity contribution >= 4 is 45.0 Å². The third-order valence-electron chi connectivity index (χ3n) is 4.75. The fourth-order valence-corrected chi connectivity index (χ4v) is 3.93. The number of nitrogens with one attached hydrogen (secondary N) is 1. The first-order valence-electron chi connectivity index (χ1n) is 9.69. The van der Waals surface area contributed by atoms with Gasteiger partial charge in [-0.25, -0.2) is 9.78 Å². The van der Waals surface area contributed by atoms with Crippen molar-refractivity contribution in [1.29, 1.82) is 0 Å². The number of aryl methyl sites for hydroxylation is 1. The number of hydrogen-bond acceptors (Lipinski definition) is 7. The Balaban J connectivity index is 1.59. The lowest BCUT2D eigenvalue weighted by Crippen LogP contribution is -2.30. The molecule has 4 rings (SSSR count). The minimum atomic E-state index is -1.12. The number of esters is 1. The van der Waals surface area contributed by atoms with Crippen LogP contribution in [0.1, 0.15) is 33.4 Å². The van der Waals surface area contributed by atoms with Crippen LogP contribution in [0, 0.1) is 6.92 Å². The van der Waals surface area contributed by atoms with E-state index in [9.17, 15) is 14.4 Å². The number of nitrogens with zero attached hydrogens (tertiary/aromatic N) is 1. The molecule has 0 aliphatic carbocycles. The molecule has 3 heterocycles. The van der Waals surface area contributed by atoms with Gasteiger partial charge in [-0.15, -0.1) is 11.3 Å². The first-order chi connectivity index (χ1) is 15.3. The van der Waals surface area contributed by atoms with E-state index in [1.807, 2.05) is 19.1 Å². The number of ether oxygens (including phenoxy) is 1. The summed E-state index contributed by atoms with van der Waals surface area (Å²) in [5.41, 5.74) is 6.82. The maximum atomic E-state index is 13.0. The Labute approximate surface area is 187 Å². The second kappa shape index (κ2) is 8.64. The molecule has 32 heavy (non-hydrogen) atoms. The molecule has 0 bridgehead atoms. The maximum absolute atomic E-state index is 13.0. The van der Waals surface area contributed by atoms with Gasteiger partial charge in [-0.3, -0.25) is 9.59 Å². The Morgan fingerprint density at radius 3 is 2.62 bits per heavy atom. The maximum Gasteiger partial charge on any atom is 0.339 e.